The smallest absolute Gasteiger partial charge is 0.416 e. The molecule has 0 bridgehead atoms. The minimum atomic E-state index is -4.39. The first-order valence-electron chi connectivity index (χ1n) is 12.0. The van der Waals surface area contributed by atoms with Crippen molar-refractivity contribution in [2.24, 2.45) is 5.73 Å². The fourth-order valence-corrected chi connectivity index (χ4v) is 5.47. The zero-order valence-corrected chi connectivity index (χ0v) is 21.8. The minimum absolute atomic E-state index is 0.00360. The predicted molar refractivity (Wildman–Crippen MR) is 137 cm³/mol. The molecule has 1 unspecified atom stereocenters. The van der Waals surface area contributed by atoms with Crippen molar-refractivity contribution in [3.05, 3.63) is 82.5 Å². The molecule has 1 saturated heterocycles. The Morgan fingerprint density at radius 3 is 2.34 bits per heavy atom. The first-order chi connectivity index (χ1) is 17.9. The van der Waals surface area contributed by atoms with Gasteiger partial charge in [0, 0.05) is 25.4 Å². The third-order valence-corrected chi connectivity index (χ3v) is 8.51. The lowest BCUT2D eigenvalue weighted by molar-refractivity contribution is -0.137. The molecule has 2 heterocycles. The van der Waals surface area contributed by atoms with Gasteiger partial charge in [-0.3, -0.25) is 4.79 Å². The number of hydrogen-bond donors (Lipinski definition) is 1. The van der Waals surface area contributed by atoms with E-state index in [0.717, 1.165) is 23.3 Å². The molecule has 2 N–H and O–H groups in total. The monoisotopic (exact) mass is 547 g/mol. The van der Waals surface area contributed by atoms with E-state index >= 15 is 0 Å². The van der Waals surface area contributed by atoms with Gasteiger partial charge in [0.25, 0.3) is 5.91 Å². The highest BCUT2D eigenvalue weighted by molar-refractivity contribution is 7.91. The van der Waals surface area contributed by atoms with E-state index in [1.54, 1.807) is 25.1 Å². The maximum Gasteiger partial charge on any atom is 0.416 e. The summed E-state index contributed by atoms with van der Waals surface area (Å²) in [5.41, 5.74) is 7.09. The van der Waals surface area contributed by atoms with Gasteiger partial charge < -0.3 is 15.4 Å². The van der Waals surface area contributed by atoms with Crippen LogP contribution in [-0.4, -0.2) is 45.3 Å². The zero-order chi connectivity index (χ0) is 27.7. The van der Waals surface area contributed by atoms with Crippen molar-refractivity contribution in [2.45, 2.75) is 36.8 Å². The van der Waals surface area contributed by atoms with Gasteiger partial charge in [0.2, 0.25) is 0 Å². The summed E-state index contributed by atoms with van der Waals surface area (Å²) in [6, 6.07) is 13.1. The van der Waals surface area contributed by atoms with Crippen LogP contribution in [0.1, 0.15) is 52.0 Å². The molecule has 7 nitrogen and oxygen atoms in total. The van der Waals surface area contributed by atoms with E-state index < -0.39 is 27.5 Å². The number of alkyl halides is 3. The van der Waals surface area contributed by atoms with Gasteiger partial charge in [0.05, 0.1) is 34.6 Å². The molecule has 0 saturated carbocycles. The number of primary amides is 1. The van der Waals surface area contributed by atoms with Gasteiger partial charge >= 0.3 is 6.18 Å². The number of rotatable bonds is 8. The lowest BCUT2D eigenvalue weighted by Gasteiger charge is -2.22. The summed E-state index contributed by atoms with van der Waals surface area (Å²) in [6.07, 6.45) is -3.45. The molecule has 1 aromatic heterocycles. The van der Waals surface area contributed by atoms with Crippen LogP contribution >= 0.6 is 0 Å². The molecule has 4 rings (SSSR count). The second-order valence-electron chi connectivity index (χ2n) is 9.15. The van der Waals surface area contributed by atoms with Crippen molar-refractivity contribution in [3.8, 4) is 5.75 Å². The molecule has 1 atom stereocenters. The Bertz CT molecular complexity index is 1420. The zero-order valence-electron chi connectivity index (χ0n) is 21.0. The van der Waals surface area contributed by atoms with E-state index in [1.807, 2.05) is 4.90 Å². The molecular weight excluding hydrogens is 519 g/mol. The number of anilines is 1. The van der Waals surface area contributed by atoms with Gasteiger partial charge in [-0.05, 0) is 47.9 Å². The summed E-state index contributed by atoms with van der Waals surface area (Å²) in [7, 11) is -1.88. The van der Waals surface area contributed by atoms with Crippen LogP contribution in [-0.2, 0) is 22.4 Å². The summed E-state index contributed by atoms with van der Waals surface area (Å²) >= 11 is 0. The van der Waals surface area contributed by atoms with Gasteiger partial charge in [-0.1, -0.05) is 31.2 Å². The van der Waals surface area contributed by atoms with E-state index in [-0.39, 0.29) is 28.6 Å². The Kier molecular flexibility index (Phi) is 7.68. The average molecular weight is 548 g/mol. The number of halogens is 3. The molecule has 2 aromatic carbocycles. The lowest BCUT2D eigenvalue weighted by atomic mass is 9.97. The van der Waals surface area contributed by atoms with Gasteiger partial charge in [0.15, 0.2) is 21.4 Å². The number of amides is 1. The topological polar surface area (TPSA) is 103 Å². The normalized spacial score (nSPS) is 16.0. The van der Waals surface area contributed by atoms with E-state index in [0.29, 0.717) is 36.8 Å². The average Bonchev–Trinajstić information content (AvgIpc) is 3.38. The highest BCUT2D eigenvalue weighted by Crippen LogP contribution is 2.37. The van der Waals surface area contributed by atoms with Crippen LogP contribution in [0.4, 0.5) is 19.0 Å². The number of hydrogen-bond acceptors (Lipinski definition) is 6. The number of carbonyl (C=O) groups is 1. The molecule has 1 amide bonds. The molecule has 1 aliphatic rings. The number of ether oxygens (including phenoxy) is 1. The van der Waals surface area contributed by atoms with Crippen LogP contribution in [0, 0.1) is 0 Å². The summed E-state index contributed by atoms with van der Waals surface area (Å²) in [4.78, 5) is 19.2. The maximum absolute atomic E-state index is 12.9. The number of sulfone groups is 1. The Morgan fingerprint density at radius 1 is 1.13 bits per heavy atom. The van der Waals surface area contributed by atoms with E-state index in [9.17, 15) is 26.4 Å². The first kappa shape index (κ1) is 27.4. The number of nitrogens with two attached hydrogens (primary N) is 1. The number of methoxy groups -OCH3 is 1. The van der Waals surface area contributed by atoms with Crippen LogP contribution in [0.3, 0.4) is 0 Å². The predicted octanol–water partition coefficient (Wildman–Crippen LogP) is 4.59. The summed E-state index contributed by atoms with van der Waals surface area (Å²) < 4.78 is 68.6. The number of nitrogens with zero attached hydrogens (tertiary/aromatic N) is 2. The fourth-order valence-electron chi connectivity index (χ4n) is 4.59. The summed E-state index contributed by atoms with van der Waals surface area (Å²) in [5.74, 6) is 0.181. The van der Waals surface area contributed by atoms with Crippen molar-refractivity contribution in [3.63, 3.8) is 0 Å². The minimum Gasteiger partial charge on any atom is -0.493 e. The molecule has 1 fully saturated rings. The van der Waals surface area contributed by atoms with Crippen molar-refractivity contribution in [1.29, 1.82) is 0 Å². The second kappa shape index (κ2) is 10.6. The number of benzene rings is 2. The SMILES string of the molecule is CCS(=O)(=O)c1ccc(Cc2nc(N3CCC(c4ccc(C(F)(F)F)cc4)C3)c(OC)cc2C(N)=O)cc1. The summed E-state index contributed by atoms with van der Waals surface area (Å²) in [5, 5.41) is 0. The van der Waals surface area contributed by atoms with Gasteiger partial charge in [-0.2, -0.15) is 13.2 Å². The number of pyridine rings is 1. The van der Waals surface area contributed by atoms with Gasteiger partial charge in [-0.15, -0.1) is 0 Å². The maximum atomic E-state index is 12.9. The lowest BCUT2D eigenvalue weighted by Crippen LogP contribution is -2.23. The Labute approximate surface area is 219 Å². The second-order valence-corrected chi connectivity index (χ2v) is 11.4. The van der Waals surface area contributed by atoms with Crippen LogP contribution in [0.25, 0.3) is 0 Å². The first-order valence-corrected chi connectivity index (χ1v) is 13.7. The van der Waals surface area contributed by atoms with Crippen molar-refractivity contribution in [1.82, 2.24) is 4.98 Å². The number of aromatic nitrogens is 1. The largest absolute Gasteiger partial charge is 0.493 e. The van der Waals surface area contributed by atoms with Crippen LogP contribution in [0.5, 0.6) is 5.75 Å². The Balaban J connectivity index is 1.61. The fraction of sp³-hybridized carbons (Fsp3) is 0.333. The third-order valence-electron chi connectivity index (χ3n) is 6.76. The van der Waals surface area contributed by atoms with Crippen LogP contribution in [0.2, 0.25) is 0 Å². The number of carbonyl (C=O) groups excluding carboxylic acids is 1. The summed E-state index contributed by atoms with van der Waals surface area (Å²) in [6.45, 7) is 2.67. The van der Waals surface area contributed by atoms with Gasteiger partial charge in [-0.25, -0.2) is 13.4 Å². The Hall–Kier alpha value is -3.60. The third kappa shape index (κ3) is 5.77. The van der Waals surface area contributed by atoms with Crippen molar-refractivity contribution < 1.29 is 31.1 Å². The molecule has 11 heteroatoms. The molecule has 202 valence electrons. The standard InChI is InChI=1S/C27H28F3N3O4S/c1-3-38(35,36)21-10-4-17(5-11-21)14-23-22(25(31)34)15-24(37-2)26(32-23)33-13-12-19(16-33)18-6-8-20(9-7-18)27(28,29)30/h4-11,15,19H,3,12-14,16H2,1-2H3,(H2,31,34). The van der Waals surface area contributed by atoms with E-state index in [1.165, 1.54) is 31.4 Å². The van der Waals surface area contributed by atoms with Gasteiger partial charge in [0.1, 0.15) is 0 Å². The molecule has 1 aliphatic heterocycles. The molecular formula is C27H28F3N3O4S. The quantitative estimate of drug-likeness (QED) is 0.443. The van der Waals surface area contributed by atoms with Crippen LogP contribution in [0.15, 0.2) is 59.5 Å². The molecule has 38 heavy (non-hydrogen) atoms. The highest BCUT2D eigenvalue weighted by atomic mass is 32.2. The van der Waals surface area contributed by atoms with Crippen molar-refractivity contribution in [2.75, 3.05) is 30.9 Å². The molecule has 0 spiro atoms. The van der Waals surface area contributed by atoms with Crippen LogP contribution < -0.4 is 15.4 Å². The highest BCUT2D eigenvalue weighted by Gasteiger charge is 2.32. The van der Waals surface area contributed by atoms with Crippen molar-refractivity contribution >= 4 is 21.6 Å². The molecule has 0 radical (unpaired) electrons. The Morgan fingerprint density at radius 2 is 1.79 bits per heavy atom. The molecule has 3 aromatic rings. The van der Waals surface area contributed by atoms with E-state index in [2.05, 4.69) is 0 Å². The van der Waals surface area contributed by atoms with E-state index in [4.69, 9.17) is 15.5 Å². The molecule has 0 aliphatic carbocycles.